The molecule has 4 aromatic carbocycles. The zero-order valence-electron chi connectivity index (χ0n) is 29.7. The maximum Gasteiger partial charge on any atom is 0.475 e. The topological polar surface area (TPSA) is 148 Å². The van der Waals surface area contributed by atoms with Crippen LogP contribution < -0.4 is 0 Å². The normalized spacial score (nSPS) is 25.4. The fraction of sp³-hybridized carbons (Fsp3) is 0.400. The largest absolute Gasteiger partial charge is 0.475 e. The number of aliphatic hydroxyl groups excluding tert-OH is 2. The molecule has 4 aromatic rings. The van der Waals surface area contributed by atoms with Crippen molar-refractivity contribution in [1.29, 1.82) is 0 Å². The lowest BCUT2D eigenvalue weighted by Crippen LogP contribution is -2.63. The summed E-state index contributed by atoms with van der Waals surface area (Å²) in [6.07, 6.45) is -5.21. The van der Waals surface area contributed by atoms with E-state index in [0.717, 1.165) is 19.3 Å². The van der Waals surface area contributed by atoms with E-state index < -0.39 is 58.1 Å². The van der Waals surface area contributed by atoms with Crippen LogP contribution in [0.2, 0.25) is 0 Å². The van der Waals surface area contributed by atoms with Gasteiger partial charge < -0.3 is 19.7 Å². The molecule has 0 unspecified atom stereocenters. The third kappa shape index (κ3) is 9.84. The summed E-state index contributed by atoms with van der Waals surface area (Å²) in [6.45, 7) is -0.500. The van der Waals surface area contributed by atoms with Gasteiger partial charge >= 0.3 is 15.6 Å². The molecule has 14 heteroatoms. The molecule has 3 fully saturated rings. The van der Waals surface area contributed by atoms with Gasteiger partial charge in [0.15, 0.2) is 5.79 Å². The molecule has 0 amide bonds. The number of hydrogen-bond acceptors (Lipinski definition) is 12. The first-order chi connectivity index (χ1) is 26.2. The monoisotopic (exact) mass is 780 g/mol. The minimum atomic E-state index is -4.49. The molecular weight excluding hydrogens is 734 g/mol. The molecule has 7 rings (SSSR count). The Morgan fingerprint density at radius 3 is 1.09 bits per heavy atom. The zero-order valence-corrected chi connectivity index (χ0v) is 31.5. The maximum absolute atomic E-state index is 14.5. The smallest absolute Gasteiger partial charge is 0.387 e. The summed E-state index contributed by atoms with van der Waals surface area (Å²) in [4.78, 5) is 0. The third-order valence-corrected chi connectivity index (χ3v) is 12.5. The van der Waals surface area contributed by atoms with Crippen molar-refractivity contribution in [3.05, 3.63) is 144 Å². The van der Waals surface area contributed by atoms with Crippen molar-refractivity contribution < 1.29 is 56.0 Å². The first-order valence-electron chi connectivity index (χ1n) is 18.2. The number of benzene rings is 4. The van der Waals surface area contributed by atoms with Crippen LogP contribution in [0.25, 0.3) is 0 Å². The van der Waals surface area contributed by atoms with Crippen molar-refractivity contribution in [2.24, 2.45) is 0 Å². The average Bonchev–Trinajstić information content (AvgIpc) is 3.58. The lowest BCUT2D eigenvalue weighted by molar-refractivity contribution is -0.202. The number of phosphoric ester groups is 2. The first kappa shape index (κ1) is 39.2. The molecule has 288 valence electrons. The van der Waals surface area contributed by atoms with Gasteiger partial charge in [-0.05, 0) is 35.1 Å². The van der Waals surface area contributed by atoms with E-state index in [4.69, 9.17) is 36.6 Å². The van der Waals surface area contributed by atoms with Crippen LogP contribution >= 0.6 is 15.6 Å². The van der Waals surface area contributed by atoms with Crippen LogP contribution in [0.4, 0.5) is 0 Å². The number of rotatable bonds is 16. The fourth-order valence-corrected chi connectivity index (χ4v) is 9.63. The van der Waals surface area contributed by atoms with Crippen molar-refractivity contribution in [2.45, 2.75) is 101 Å². The third-order valence-electron chi connectivity index (χ3n) is 9.74. The molecule has 1 heterocycles. The molecule has 54 heavy (non-hydrogen) atoms. The minimum Gasteiger partial charge on any atom is -0.387 e. The Morgan fingerprint density at radius 2 is 0.796 bits per heavy atom. The van der Waals surface area contributed by atoms with Crippen molar-refractivity contribution >= 4 is 15.6 Å². The standard InChI is InChI=1S/C40H46O12P2/c41-34-35(42)37(52-54(44,47-28-32-20-10-3-11-21-32)48-29-33-22-12-4-13-23-33)39-38(49-40(50-39)24-14-5-15-25-40)36(34)51-53(43,45-26-30-16-6-1-7-17-30)46-27-31-18-8-2-9-19-31/h1-4,6-13,16-23,34-39,41-42H,5,14-15,24-29H2/t34-,35-,36+,37+,38-,39+/m1/s1. The fourth-order valence-electron chi connectivity index (χ4n) is 6.92. The van der Waals surface area contributed by atoms with Crippen LogP contribution in [0.5, 0.6) is 0 Å². The maximum atomic E-state index is 14.5. The molecule has 12 nitrogen and oxygen atoms in total. The van der Waals surface area contributed by atoms with Gasteiger partial charge in [-0.15, -0.1) is 0 Å². The Labute approximate surface area is 315 Å². The summed E-state index contributed by atoms with van der Waals surface area (Å²) >= 11 is 0. The molecule has 2 aliphatic carbocycles. The van der Waals surface area contributed by atoms with Crippen LogP contribution in [0, 0.1) is 0 Å². The average molecular weight is 781 g/mol. The van der Waals surface area contributed by atoms with Crippen LogP contribution in [0.15, 0.2) is 121 Å². The summed E-state index contributed by atoms with van der Waals surface area (Å²) in [5.41, 5.74) is 2.85. The lowest BCUT2D eigenvalue weighted by atomic mass is 9.85. The van der Waals surface area contributed by atoms with E-state index in [1.807, 2.05) is 72.8 Å². The van der Waals surface area contributed by atoms with E-state index in [-0.39, 0.29) is 26.4 Å². The second kappa shape index (κ2) is 17.8. The van der Waals surface area contributed by atoms with Gasteiger partial charge in [0.05, 0.1) is 26.4 Å². The van der Waals surface area contributed by atoms with Gasteiger partial charge in [0.1, 0.15) is 36.6 Å². The molecule has 0 aromatic heterocycles. The second-order valence-electron chi connectivity index (χ2n) is 13.7. The molecule has 2 N–H and O–H groups in total. The number of ether oxygens (including phenoxy) is 2. The first-order valence-corrected chi connectivity index (χ1v) is 21.2. The van der Waals surface area contributed by atoms with E-state index in [1.54, 1.807) is 48.5 Å². The van der Waals surface area contributed by atoms with Gasteiger partial charge in [0.25, 0.3) is 0 Å². The van der Waals surface area contributed by atoms with Crippen molar-refractivity contribution in [3.8, 4) is 0 Å². The van der Waals surface area contributed by atoms with Crippen molar-refractivity contribution in [1.82, 2.24) is 0 Å². The van der Waals surface area contributed by atoms with E-state index >= 15 is 0 Å². The Kier molecular flexibility index (Phi) is 12.9. The van der Waals surface area contributed by atoms with Gasteiger partial charge in [0, 0.05) is 12.8 Å². The summed E-state index contributed by atoms with van der Waals surface area (Å²) in [5, 5.41) is 23.6. The highest BCUT2D eigenvalue weighted by molar-refractivity contribution is 7.48. The molecule has 0 bridgehead atoms. The predicted octanol–water partition coefficient (Wildman–Crippen LogP) is 8.02. The highest BCUT2D eigenvalue weighted by atomic mass is 31.2. The molecule has 0 radical (unpaired) electrons. The molecule has 2 saturated carbocycles. The van der Waals surface area contributed by atoms with Crippen LogP contribution in [-0.4, -0.2) is 52.6 Å². The number of fused-ring (bicyclic) bond motifs is 1. The van der Waals surface area contributed by atoms with Crippen molar-refractivity contribution in [2.75, 3.05) is 0 Å². The van der Waals surface area contributed by atoms with E-state index in [2.05, 4.69) is 0 Å². The molecule has 1 saturated heterocycles. The minimum absolute atomic E-state index is 0.125. The van der Waals surface area contributed by atoms with E-state index in [9.17, 15) is 19.3 Å². The molecule has 6 atom stereocenters. The number of hydrogen-bond donors (Lipinski definition) is 2. The molecule has 3 aliphatic rings. The van der Waals surface area contributed by atoms with Crippen LogP contribution in [-0.2, 0) is 72.2 Å². The van der Waals surface area contributed by atoms with Gasteiger partial charge in [0.2, 0.25) is 0 Å². The summed E-state index contributed by atoms with van der Waals surface area (Å²) in [5.74, 6) is -1.11. The lowest BCUT2D eigenvalue weighted by Gasteiger charge is -2.43. The SMILES string of the molecule is O=P(OCc1ccccc1)(OCc1ccccc1)O[C@H]1[C@H](O)[C@@H](O)[C@H](OP(=O)(OCc2ccccc2)OCc2ccccc2)[C@H]2OC3(CCCCC3)O[C@H]21. The van der Waals surface area contributed by atoms with Gasteiger partial charge in [-0.2, -0.15) is 0 Å². The zero-order chi connectivity index (χ0) is 37.4. The Hall–Kier alpha value is -3.06. The van der Waals surface area contributed by atoms with Crippen LogP contribution in [0.1, 0.15) is 54.4 Å². The predicted molar refractivity (Wildman–Crippen MR) is 197 cm³/mol. The number of aliphatic hydroxyl groups is 2. The molecular formula is C40H46O12P2. The van der Waals surface area contributed by atoms with Gasteiger partial charge in [-0.3, -0.25) is 27.1 Å². The van der Waals surface area contributed by atoms with E-state index in [0.29, 0.717) is 35.1 Å². The molecule has 1 aliphatic heterocycles. The Bertz CT molecular complexity index is 1620. The Morgan fingerprint density at radius 1 is 0.500 bits per heavy atom. The Balaban J connectivity index is 1.17. The molecule has 1 spiro atoms. The van der Waals surface area contributed by atoms with Crippen LogP contribution in [0.3, 0.4) is 0 Å². The summed E-state index contributed by atoms with van der Waals surface area (Å²) in [7, 11) is -8.97. The highest BCUT2D eigenvalue weighted by Gasteiger charge is 2.63. The van der Waals surface area contributed by atoms with E-state index in [1.165, 1.54) is 0 Å². The summed E-state index contributed by atoms with van der Waals surface area (Å²) < 4.78 is 78.0. The van der Waals surface area contributed by atoms with Gasteiger partial charge in [-0.1, -0.05) is 128 Å². The summed E-state index contributed by atoms with van der Waals surface area (Å²) in [6, 6.07) is 36.4. The highest BCUT2D eigenvalue weighted by Crippen LogP contribution is 2.59. The second-order valence-corrected chi connectivity index (χ2v) is 16.9. The quantitative estimate of drug-likeness (QED) is 0.106. The van der Waals surface area contributed by atoms with Crippen molar-refractivity contribution in [3.63, 3.8) is 0 Å². The van der Waals surface area contributed by atoms with Gasteiger partial charge in [-0.25, -0.2) is 9.13 Å². The number of phosphoric acid groups is 2.